The topological polar surface area (TPSA) is 95.2 Å². The Kier molecular flexibility index (Phi) is 3.56. The van der Waals surface area contributed by atoms with Crippen LogP contribution in [-0.2, 0) is 6.54 Å². The zero-order valence-electron chi connectivity index (χ0n) is 10.3. The Morgan fingerprint density at radius 2 is 1.83 bits per heavy atom. The van der Waals surface area contributed by atoms with Gasteiger partial charge in [0.15, 0.2) is 5.82 Å². The van der Waals surface area contributed by atoms with E-state index in [1.54, 1.807) is 13.0 Å². The van der Waals surface area contributed by atoms with Crippen molar-refractivity contribution in [2.45, 2.75) is 13.5 Å². The summed E-state index contributed by atoms with van der Waals surface area (Å²) in [6.45, 7) is 2.08. The largest absolute Gasteiger partial charge is 0.481 e. The summed E-state index contributed by atoms with van der Waals surface area (Å²) >= 11 is 0. The predicted molar refractivity (Wildman–Crippen MR) is 61.5 cm³/mol. The number of methoxy groups -OCH3 is 2. The lowest BCUT2D eigenvalue weighted by molar-refractivity contribution is 0.372. The Bertz CT molecular complexity index is 506. The van der Waals surface area contributed by atoms with E-state index in [4.69, 9.17) is 14.0 Å². The molecule has 0 saturated heterocycles. The number of hydrogen-bond donors (Lipinski definition) is 1. The smallest absolute Gasteiger partial charge is 0.229 e. The van der Waals surface area contributed by atoms with Gasteiger partial charge in [0.05, 0.1) is 26.8 Å². The fourth-order valence-electron chi connectivity index (χ4n) is 1.26. The highest BCUT2D eigenvalue weighted by Gasteiger charge is 2.07. The molecule has 2 rings (SSSR count). The summed E-state index contributed by atoms with van der Waals surface area (Å²) < 4.78 is 14.9. The van der Waals surface area contributed by atoms with Crippen LogP contribution in [0.1, 0.15) is 11.7 Å². The van der Waals surface area contributed by atoms with Crippen LogP contribution in [0.15, 0.2) is 10.6 Å². The molecule has 8 nitrogen and oxygen atoms in total. The monoisotopic (exact) mass is 251 g/mol. The minimum Gasteiger partial charge on any atom is -0.481 e. The van der Waals surface area contributed by atoms with E-state index < -0.39 is 0 Å². The average molecular weight is 251 g/mol. The van der Waals surface area contributed by atoms with Gasteiger partial charge in [0.2, 0.25) is 23.6 Å². The number of anilines is 1. The van der Waals surface area contributed by atoms with Crippen molar-refractivity contribution in [3.05, 3.63) is 17.8 Å². The standard InChI is InChI=1S/C10H13N5O3/c1-6-12-7(15-18-6)5-11-10-13-8(16-2)4-9(14-10)17-3/h4H,5H2,1-3H3,(H,11,13,14). The maximum Gasteiger partial charge on any atom is 0.229 e. The maximum absolute atomic E-state index is 5.03. The molecule has 0 amide bonds. The third-order valence-electron chi connectivity index (χ3n) is 2.07. The van der Waals surface area contributed by atoms with E-state index in [1.165, 1.54) is 14.2 Å². The minimum absolute atomic E-state index is 0.355. The van der Waals surface area contributed by atoms with Gasteiger partial charge in [-0.1, -0.05) is 5.16 Å². The van der Waals surface area contributed by atoms with Crippen molar-refractivity contribution >= 4 is 5.95 Å². The molecule has 0 spiro atoms. The predicted octanol–water partition coefficient (Wildman–Crippen LogP) is 0.797. The van der Waals surface area contributed by atoms with Gasteiger partial charge in [-0.05, 0) is 0 Å². The quantitative estimate of drug-likeness (QED) is 0.833. The highest BCUT2D eigenvalue weighted by atomic mass is 16.5. The Balaban J connectivity index is 2.08. The van der Waals surface area contributed by atoms with E-state index >= 15 is 0 Å². The molecule has 2 heterocycles. The zero-order valence-corrected chi connectivity index (χ0v) is 10.3. The summed E-state index contributed by atoms with van der Waals surface area (Å²) in [7, 11) is 3.04. The molecule has 0 unspecified atom stereocenters. The Hall–Kier alpha value is -2.38. The van der Waals surface area contributed by atoms with Gasteiger partial charge >= 0.3 is 0 Å². The first-order chi connectivity index (χ1) is 8.71. The number of nitrogens with zero attached hydrogens (tertiary/aromatic N) is 4. The molecule has 0 aliphatic carbocycles. The Labute approximate surface area is 103 Å². The molecular weight excluding hydrogens is 238 g/mol. The molecule has 0 fully saturated rings. The van der Waals surface area contributed by atoms with Crippen molar-refractivity contribution in [1.82, 2.24) is 20.1 Å². The molecule has 0 radical (unpaired) electrons. The van der Waals surface area contributed by atoms with Gasteiger partial charge in [0, 0.05) is 6.92 Å². The van der Waals surface area contributed by atoms with Crippen LogP contribution in [0.3, 0.4) is 0 Å². The lowest BCUT2D eigenvalue weighted by Crippen LogP contribution is -2.06. The first kappa shape index (κ1) is 12.1. The highest BCUT2D eigenvalue weighted by Crippen LogP contribution is 2.17. The van der Waals surface area contributed by atoms with Crippen LogP contribution in [0.4, 0.5) is 5.95 Å². The Morgan fingerprint density at radius 3 is 2.33 bits per heavy atom. The van der Waals surface area contributed by atoms with Gasteiger partial charge in [-0.3, -0.25) is 0 Å². The van der Waals surface area contributed by atoms with Crippen LogP contribution < -0.4 is 14.8 Å². The van der Waals surface area contributed by atoms with Crippen molar-refractivity contribution in [1.29, 1.82) is 0 Å². The van der Waals surface area contributed by atoms with Crippen LogP contribution in [0, 0.1) is 6.92 Å². The summed E-state index contributed by atoms with van der Waals surface area (Å²) in [5, 5.41) is 6.71. The van der Waals surface area contributed by atoms with Gasteiger partial charge in [0.25, 0.3) is 0 Å². The molecular formula is C10H13N5O3. The van der Waals surface area contributed by atoms with E-state index in [9.17, 15) is 0 Å². The molecule has 96 valence electrons. The van der Waals surface area contributed by atoms with Crippen molar-refractivity contribution in [2.75, 3.05) is 19.5 Å². The molecule has 18 heavy (non-hydrogen) atoms. The van der Waals surface area contributed by atoms with Crippen molar-refractivity contribution in [2.24, 2.45) is 0 Å². The first-order valence-electron chi connectivity index (χ1n) is 5.21. The second kappa shape index (κ2) is 5.30. The number of rotatable bonds is 5. The molecule has 0 atom stereocenters. The second-order valence-corrected chi connectivity index (χ2v) is 3.36. The summed E-state index contributed by atoms with van der Waals surface area (Å²) in [5.41, 5.74) is 0. The molecule has 0 aliphatic rings. The number of aromatic nitrogens is 4. The molecule has 8 heteroatoms. The fraction of sp³-hybridized carbons (Fsp3) is 0.400. The van der Waals surface area contributed by atoms with Crippen molar-refractivity contribution in [3.8, 4) is 11.8 Å². The van der Waals surface area contributed by atoms with E-state index in [0.29, 0.717) is 36.0 Å². The van der Waals surface area contributed by atoms with Crippen LogP contribution in [0.25, 0.3) is 0 Å². The number of hydrogen-bond acceptors (Lipinski definition) is 8. The lowest BCUT2D eigenvalue weighted by atomic mass is 10.5. The molecule has 2 aromatic rings. The normalized spacial score (nSPS) is 10.2. The SMILES string of the molecule is COc1cc(OC)nc(NCc2noc(C)n2)n1. The third-order valence-corrected chi connectivity index (χ3v) is 2.07. The molecule has 0 aromatic carbocycles. The van der Waals surface area contributed by atoms with Gasteiger partial charge in [-0.25, -0.2) is 0 Å². The average Bonchev–Trinajstić information content (AvgIpc) is 2.81. The van der Waals surface area contributed by atoms with Crippen molar-refractivity contribution < 1.29 is 14.0 Å². The zero-order chi connectivity index (χ0) is 13.0. The summed E-state index contributed by atoms with van der Waals surface area (Å²) in [4.78, 5) is 12.3. The number of nitrogens with one attached hydrogen (secondary N) is 1. The van der Waals surface area contributed by atoms with E-state index in [0.717, 1.165) is 0 Å². The number of aryl methyl sites for hydroxylation is 1. The minimum atomic E-state index is 0.355. The van der Waals surface area contributed by atoms with Crippen LogP contribution in [0.2, 0.25) is 0 Å². The first-order valence-corrected chi connectivity index (χ1v) is 5.21. The van der Waals surface area contributed by atoms with Crippen LogP contribution in [0.5, 0.6) is 11.8 Å². The lowest BCUT2D eigenvalue weighted by Gasteiger charge is -2.06. The molecule has 0 aliphatic heterocycles. The fourth-order valence-corrected chi connectivity index (χ4v) is 1.26. The van der Waals surface area contributed by atoms with Crippen LogP contribution >= 0.6 is 0 Å². The summed E-state index contributed by atoms with van der Waals surface area (Å²) in [6, 6.07) is 1.59. The molecule has 2 aromatic heterocycles. The summed E-state index contributed by atoms with van der Waals surface area (Å²) in [5.74, 6) is 2.23. The van der Waals surface area contributed by atoms with Gasteiger partial charge < -0.3 is 19.3 Å². The van der Waals surface area contributed by atoms with Crippen molar-refractivity contribution in [3.63, 3.8) is 0 Å². The van der Waals surface area contributed by atoms with E-state index in [1.807, 2.05) is 0 Å². The van der Waals surface area contributed by atoms with Gasteiger partial charge in [-0.15, -0.1) is 0 Å². The highest BCUT2D eigenvalue weighted by molar-refractivity contribution is 5.33. The van der Waals surface area contributed by atoms with Gasteiger partial charge in [-0.2, -0.15) is 15.0 Å². The molecule has 0 bridgehead atoms. The van der Waals surface area contributed by atoms with E-state index in [2.05, 4.69) is 25.4 Å². The molecule has 1 N–H and O–H groups in total. The van der Waals surface area contributed by atoms with Gasteiger partial charge in [0.1, 0.15) is 0 Å². The third kappa shape index (κ3) is 2.84. The van der Waals surface area contributed by atoms with Crippen LogP contribution in [-0.4, -0.2) is 34.3 Å². The Morgan fingerprint density at radius 1 is 1.17 bits per heavy atom. The number of ether oxygens (including phenoxy) is 2. The maximum atomic E-state index is 5.03. The summed E-state index contributed by atoms with van der Waals surface area (Å²) in [6.07, 6.45) is 0. The second-order valence-electron chi connectivity index (χ2n) is 3.36. The van der Waals surface area contributed by atoms with E-state index in [-0.39, 0.29) is 0 Å². The molecule has 0 saturated carbocycles.